The number of hydrogen-bond acceptors (Lipinski definition) is 3. The summed E-state index contributed by atoms with van der Waals surface area (Å²) in [5.74, 6) is -4.88. The third-order valence-electron chi connectivity index (χ3n) is 2.74. The van der Waals surface area contributed by atoms with Gasteiger partial charge in [-0.15, -0.1) is 0 Å². The second-order valence-electron chi connectivity index (χ2n) is 5.62. The Morgan fingerprint density at radius 1 is 1.30 bits per heavy atom. The van der Waals surface area contributed by atoms with Gasteiger partial charge in [-0.05, 0) is 32.9 Å². The summed E-state index contributed by atoms with van der Waals surface area (Å²) in [6.07, 6.45) is -0.892. The molecule has 0 unspecified atom stereocenters. The van der Waals surface area contributed by atoms with Gasteiger partial charge in [-0.25, -0.2) is 4.79 Å². The van der Waals surface area contributed by atoms with Crippen molar-refractivity contribution in [2.45, 2.75) is 32.3 Å². The van der Waals surface area contributed by atoms with Gasteiger partial charge in [0.05, 0.1) is 5.69 Å². The summed E-state index contributed by atoms with van der Waals surface area (Å²) >= 11 is 0. The van der Waals surface area contributed by atoms with Gasteiger partial charge in [0.25, 0.3) is 0 Å². The number of benzene rings is 1. The molecule has 0 saturated heterocycles. The molecule has 0 aliphatic carbocycles. The molecule has 0 saturated carbocycles. The van der Waals surface area contributed by atoms with Gasteiger partial charge in [0, 0.05) is 5.56 Å². The minimum atomic E-state index is -3.61. The maximum Gasteiger partial charge on any atom is 0.415 e. The minimum Gasteiger partial charge on any atom is -0.443 e. The Hall–Kier alpha value is -1.98. The van der Waals surface area contributed by atoms with E-state index < -0.39 is 29.9 Å². The number of nitrogens with zero attached hydrogens (tertiary/aromatic N) is 1. The third-order valence-corrected chi connectivity index (χ3v) is 2.74. The first kappa shape index (κ1) is 14.4. The monoisotopic (exact) mass is 283 g/mol. The predicted octanol–water partition coefficient (Wildman–Crippen LogP) is 3.26. The van der Waals surface area contributed by atoms with Crippen molar-refractivity contribution in [3.8, 4) is 0 Å². The van der Waals surface area contributed by atoms with Crippen LogP contribution in [0.3, 0.4) is 0 Å². The van der Waals surface area contributed by atoms with Gasteiger partial charge in [-0.2, -0.15) is 8.78 Å². The highest BCUT2D eigenvalue weighted by molar-refractivity contribution is 6.11. The number of alkyl halides is 2. The molecule has 2 rings (SSSR count). The van der Waals surface area contributed by atoms with E-state index >= 15 is 0 Å². The number of carbonyl (C=O) groups excluding carboxylic acids is 2. The molecule has 1 aromatic carbocycles. The van der Waals surface area contributed by atoms with Crippen LogP contribution in [0, 0.1) is 0 Å². The predicted molar refractivity (Wildman–Crippen MR) is 69.3 cm³/mol. The van der Waals surface area contributed by atoms with Gasteiger partial charge < -0.3 is 4.74 Å². The molecule has 0 radical (unpaired) electrons. The maximum atomic E-state index is 13.7. The van der Waals surface area contributed by atoms with Crippen LogP contribution < -0.4 is 4.90 Å². The first-order valence-corrected chi connectivity index (χ1v) is 6.14. The molecule has 0 N–H and O–H groups in total. The van der Waals surface area contributed by atoms with E-state index in [4.69, 9.17) is 4.74 Å². The second kappa shape index (κ2) is 4.54. The number of para-hydroxylation sites is 1. The standard InChI is InChI=1S/C14H15F2NO3/c1-13(2,3)20-12(19)17-8-14(15,16)11(18)9-6-4-5-7-10(9)17/h4-7H,8H2,1-3H3. The summed E-state index contributed by atoms with van der Waals surface area (Å²) in [4.78, 5) is 24.5. The summed E-state index contributed by atoms with van der Waals surface area (Å²) < 4.78 is 32.5. The van der Waals surface area contributed by atoms with Crippen molar-refractivity contribution in [1.29, 1.82) is 0 Å². The molecular formula is C14H15F2NO3. The lowest BCUT2D eigenvalue weighted by Crippen LogP contribution is -2.51. The number of fused-ring (bicyclic) bond motifs is 1. The molecule has 0 fully saturated rings. The zero-order chi connectivity index (χ0) is 15.1. The Morgan fingerprint density at radius 2 is 1.90 bits per heavy atom. The molecule has 1 aromatic rings. The number of amides is 1. The molecule has 0 spiro atoms. The molecule has 0 atom stereocenters. The Bertz CT molecular complexity index is 564. The fraction of sp³-hybridized carbons (Fsp3) is 0.429. The average Bonchev–Trinajstić information content (AvgIpc) is 2.32. The summed E-state index contributed by atoms with van der Waals surface area (Å²) in [5, 5.41) is 0. The molecule has 0 bridgehead atoms. The van der Waals surface area contributed by atoms with Crippen molar-refractivity contribution in [2.75, 3.05) is 11.4 Å². The number of rotatable bonds is 0. The van der Waals surface area contributed by atoms with E-state index in [1.54, 1.807) is 26.8 Å². The van der Waals surface area contributed by atoms with Crippen LogP contribution in [-0.4, -0.2) is 29.9 Å². The Balaban J connectivity index is 2.42. The molecule has 0 aromatic heterocycles. The van der Waals surface area contributed by atoms with Gasteiger partial charge >= 0.3 is 12.0 Å². The SMILES string of the molecule is CC(C)(C)OC(=O)N1CC(F)(F)C(=O)c2ccccc21. The zero-order valence-corrected chi connectivity index (χ0v) is 11.4. The first-order chi connectivity index (χ1) is 9.12. The number of Topliss-reactive ketones (excluding diaryl/α,β-unsaturated/α-hetero) is 1. The fourth-order valence-electron chi connectivity index (χ4n) is 1.93. The van der Waals surface area contributed by atoms with Crippen LogP contribution in [0.5, 0.6) is 0 Å². The number of ether oxygens (including phenoxy) is 1. The van der Waals surface area contributed by atoms with Crippen LogP contribution in [0.1, 0.15) is 31.1 Å². The highest BCUT2D eigenvalue weighted by Gasteiger charge is 2.48. The smallest absolute Gasteiger partial charge is 0.415 e. The van der Waals surface area contributed by atoms with Crippen LogP contribution in [0.15, 0.2) is 24.3 Å². The molecule has 108 valence electrons. The van der Waals surface area contributed by atoms with E-state index in [-0.39, 0.29) is 11.3 Å². The lowest BCUT2D eigenvalue weighted by Gasteiger charge is -2.34. The van der Waals surface area contributed by atoms with Crippen LogP contribution in [0.25, 0.3) is 0 Å². The van der Waals surface area contributed by atoms with Crippen molar-refractivity contribution in [3.63, 3.8) is 0 Å². The molecule has 1 heterocycles. The number of anilines is 1. The molecule has 1 amide bonds. The molecule has 6 heteroatoms. The van der Waals surface area contributed by atoms with Crippen LogP contribution in [0.2, 0.25) is 0 Å². The van der Waals surface area contributed by atoms with Crippen LogP contribution in [-0.2, 0) is 4.74 Å². The summed E-state index contributed by atoms with van der Waals surface area (Å²) in [6, 6.07) is 5.78. The number of carbonyl (C=O) groups is 2. The van der Waals surface area contributed by atoms with E-state index in [9.17, 15) is 18.4 Å². The van der Waals surface area contributed by atoms with E-state index in [0.29, 0.717) is 0 Å². The summed E-state index contributed by atoms with van der Waals surface area (Å²) in [5.41, 5.74) is -0.824. The van der Waals surface area contributed by atoms with Crippen molar-refractivity contribution in [2.24, 2.45) is 0 Å². The van der Waals surface area contributed by atoms with E-state index in [0.717, 1.165) is 4.90 Å². The van der Waals surface area contributed by atoms with Gasteiger partial charge in [-0.3, -0.25) is 9.69 Å². The fourth-order valence-corrected chi connectivity index (χ4v) is 1.93. The van der Waals surface area contributed by atoms with Crippen molar-refractivity contribution < 1.29 is 23.1 Å². The number of halogens is 2. The normalized spacial score (nSPS) is 17.6. The summed E-state index contributed by atoms with van der Waals surface area (Å²) in [6.45, 7) is 3.93. The first-order valence-electron chi connectivity index (χ1n) is 6.14. The molecule has 4 nitrogen and oxygen atoms in total. The molecule has 1 aliphatic rings. The summed E-state index contributed by atoms with van der Waals surface area (Å²) in [7, 11) is 0. The highest BCUT2D eigenvalue weighted by atomic mass is 19.3. The Kier molecular flexibility index (Phi) is 3.28. The zero-order valence-electron chi connectivity index (χ0n) is 11.4. The van der Waals surface area contributed by atoms with Crippen molar-refractivity contribution >= 4 is 17.6 Å². The largest absolute Gasteiger partial charge is 0.443 e. The van der Waals surface area contributed by atoms with Crippen molar-refractivity contribution in [1.82, 2.24) is 0 Å². The highest BCUT2D eigenvalue weighted by Crippen LogP contribution is 2.35. The Labute approximate surface area is 115 Å². The van der Waals surface area contributed by atoms with E-state index in [2.05, 4.69) is 0 Å². The molecule has 1 aliphatic heterocycles. The van der Waals surface area contributed by atoms with E-state index in [1.807, 2.05) is 0 Å². The molecule has 20 heavy (non-hydrogen) atoms. The number of hydrogen-bond donors (Lipinski definition) is 0. The third kappa shape index (κ3) is 2.64. The lowest BCUT2D eigenvalue weighted by molar-refractivity contribution is 0.00884. The Morgan fingerprint density at radius 3 is 2.50 bits per heavy atom. The van der Waals surface area contributed by atoms with Gasteiger partial charge in [0.15, 0.2) is 0 Å². The van der Waals surface area contributed by atoms with Crippen LogP contribution in [0.4, 0.5) is 19.3 Å². The average molecular weight is 283 g/mol. The molecular weight excluding hydrogens is 268 g/mol. The van der Waals surface area contributed by atoms with E-state index in [1.165, 1.54) is 18.2 Å². The minimum absolute atomic E-state index is 0.151. The quantitative estimate of drug-likeness (QED) is 0.734. The van der Waals surface area contributed by atoms with Gasteiger partial charge in [0.2, 0.25) is 5.78 Å². The van der Waals surface area contributed by atoms with Gasteiger partial charge in [0.1, 0.15) is 12.1 Å². The number of ketones is 1. The maximum absolute atomic E-state index is 13.7. The van der Waals surface area contributed by atoms with Gasteiger partial charge in [-0.1, -0.05) is 12.1 Å². The lowest BCUT2D eigenvalue weighted by atomic mass is 9.98. The van der Waals surface area contributed by atoms with Crippen LogP contribution >= 0.6 is 0 Å². The second-order valence-corrected chi connectivity index (χ2v) is 5.62. The van der Waals surface area contributed by atoms with Crippen molar-refractivity contribution in [3.05, 3.63) is 29.8 Å². The topological polar surface area (TPSA) is 46.6 Å².